The molecule has 2 aliphatic heterocycles. The Bertz CT molecular complexity index is 876. The molecule has 2 heterocycles. The first-order valence-corrected chi connectivity index (χ1v) is 12.6. The van der Waals surface area contributed by atoms with Crippen molar-refractivity contribution in [2.45, 2.75) is 52.1 Å². The standard InChI is InChI=1S/C22H33N3O4S/c1-16(2)12-21(26)25-15-19-7-5-4-6-18(19)13-20(25)22(27)23-14-17-8-10-24(11-9-17)30(3,28)29/h4-7,16-17,20H,8-15H2,1-3H3,(H,23,27). The van der Waals surface area contributed by atoms with Crippen LogP contribution in [-0.2, 0) is 32.6 Å². The minimum Gasteiger partial charge on any atom is -0.354 e. The van der Waals surface area contributed by atoms with E-state index in [0.29, 0.717) is 39.0 Å². The van der Waals surface area contributed by atoms with E-state index in [1.54, 1.807) is 4.90 Å². The number of hydrogen-bond acceptors (Lipinski definition) is 4. The summed E-state index contributed by atoms with van der Waals surface area (Å²) in [4.78, 5) is 27.6. The van der Waals surface area contributed by atoms with Crippen molar-refractivity contribution in [3.63, 3.8) is 0 Å². The Hall–Kier alpha value is -1.93. The number of nitrogens with zero attached hydrogens (tertiary/aromatic N) is 2. The van der Waals surface area contributed by atoms with E-state index in [4.69, 9.17) is 0 Å². The largest absolute Gasteiger partial charge is 0.354 e. The molecule has 1 atom stereocenters. The summed E-state index contributed by atoms with van der Waals surface area (Å²) in [6.07, 6.45) is 3.65. The average Bonchev–Trinajstić information content (AvgIpc) is 2.70. The van der Waals surface area contributed by atoms with Crippen molar-refractivity contribution in [2.75, 3.05) is 25.9 Å². The molecule has 0 spiro atoms. The lowest BCUT2D eigenvalue weighted by molar-refractivity contribution is -0.142. The van der Waals surface area contributed by atoms with Crippen LogP contribution in [0.4, 0.5) is 0 Å². The molecule has 3 rings (SSSR count). The van der Waals surface area contributed by atoms with Crippen LogP contribution in [0.1, 0.15) is 44.2 Å². The summed E-state index contributed by atoms with van der Waals surface area (Å²) >= 11 is 0. The van der Waals surface area contributed by atoms with E-state index in [9.17, 15) is 18.0 Å². The van der Waals surface area contributed by atoms with Gasteiger partial charge in [0.15, 0.2) is 0 Å². The van der Waals surface area contributed by atoms with E-state index in [1.165, 1.54) is 10.6 Å². The molecule has 8 heteroatoms. The summed E-state index contributed by atoms with van der Waals surface area (Å²) in [7, 11) is -3.15. The zero-order valence-electron chi connectivity index (χ0n) is 18.1. The highest BCUT2D eigenvalue weighted by Crippen LogP contribution is 2.25. The molecule has 1 unspecified atom stereocenters. The summed E-state index contributed by atoms with van der Waals surface area (Å²) in [5.74, 6) is 0.384. The fourth-order valence-corrected chi connectivity index (χ4v) is 5.17. The van der Waals surface area contributed by atoms with Gasteiger partial charge >= 0.3 is 0 Å². The van der Waals surface area contributed by atoms with Crippen LogP contribution in [0.5, 0.6) is 0 Å². The Morgan fingerprint density at radius 2 is 1.77 bits per heavy atom. The lowest BCUT2D eigenvalue weighted by Gasteiger charge is -2.37. The van der Waals surface area contributed by atoms with E-state index in [0.717, 1.165) is 24.0 Å². The Labute approximate surface area is 179 Å². The van der Waals surface area contributed by atoms with E-state index < -0.39 is 16.1 Å². The predicted octanol–water partition coefficient (Wildman–Crippen LogP) is 1.77. The van der Waals surface area contributed by atoms with E-state index in [2.05, 4.69) is 5.32 Å². The maximum atomic E-state index is 13.1. The van der Waals surface area contributed by atoms with E-state index in [-0.39, 0.29) is 23.7 Å². The molecule has 1 aromatic rings. The van der Waals surface area contributed by atoms with Crippen molar-refractivity contribution in [3.8, 4) is 0 Å². The highest BCUT2D eigenvalue weighted by molar-refractivity contribution is 7.88. The Morgan fingerprint density at radius 1 is 1.13 bits per heavy atom. The highest BCUT2D eigenvalue weighted by Gasteiger charge is 2.35. The molecule has 0 aliphatic carbocycles. The lowest BCUT2D eigenvalue weighted by atomic mass is 9.92. The quantitative estimate of drug-likeness (QED) is 0.738. The Kier molecular flexibility index (Phi) is 7.18. The SMILES string of the molecule is CC(C)CC(=O)N1Cc2ccccc2CC1C(=O)NCC1CCN(S(C)(=O)=O)CC1. The number of sulfonamides is 1. The normalized spacial score (nSPS) is 20.8. The Balaban J connectivity index is 1.63. The molecule has 30 heavy (non-hydrogen) atoms. The van der Waals surface area contributed by atoms with Gasteiger partial charge in [0.05, 0.1) is 6.26 Å². The van der Waals surface area contributed by atoms with Gasteiger partial charge in [0.1, 0.15) is 6.04 Å². The summed E-state index contributed by atoms with van der Waals surface area (Å²) in [6.45, 7) is 5.99. The number of hydrogen-bond donors (Lipinski definition) is 1. The highest BCUT2D eigenvalue weighted by atomic mass is 32.2. The predicted molar refractivity (Wildman–Crippen MR) is 116 cm³/mol. The number of carbonyl (C=O) groups is 2. The van der Waals surface area contributed by atoms with Gasteiger partial charge in [-0.1, -0.05) is 38.1 Å². The van der Waals surface area contributed by atoms with Crippen molar-refractivity contribution < 1.29 is 18.0 Å². The minimum atomic E-state index is -3.15. The smallest absolute Gasteiger partial charge is 0.243 e. The third-order valence-electron chi connectivity index (χ3n) is 6.06. The third kappa shape index (κ3) is 5.60. The fraction of sp³-hybridized carbons (Fsp3) is 0.636. The molecule has 2 amide bonds. The Morgan fingerprint density at radius 3 is 2.37 bits per heavy atom. The first-order valence-electron chi connectivity index (χ1n) is 10.7. The second kappa shape index (κ2) is 9.47. The monoisotopic (exact) mass is 435 g/mol. The zero-order chi connectivity index (χ0) is 21.9. The molecule has 1 fully saturated rings. The molecule has 1 saturated heterocycles. The van der Waals surface area contributed by atoms with Gasteiger partial charge in [0, 0.05) is 39.0 Å². The van der Waals surface area contributed by atoms with Crippen LogP contribution in [0.3, 0.4) is 0 Å². The van der Waals surface area contributed by atoms with Crippen LogP contribution >= 0.6 is 0 Å². The summed E-state index contributed by atoms with van der Waals surface area (Å²) < 4.78 is 24.8. The van der Waals surface area contributed by atoms with Gasteiger partial charge in [-0.2, -0.15) is 0 Å². The summed E-state index contributed by atoms with van der Waals surface area (Å²) in [5.41, 5.74) is 2.22. The van der Waals surface area contributed by atoms with Crippen LogP contribution in [0.25, 0.3) is 0 Å². The van der Waals surface area contributed by atoms with Crippen molar-refractivity contribution in [3.05, 3.63) is 35.4 Å². The van der Waals surface area contributed by atoms with Crippen molar-refractivity contribution >= 4 is 21.8 Å². The van der Waals surface area contributed by atoms with Gasteiger partial charge in [0.2, 0.25) is 21.8 Å². The topological polar surface area (TPSA) is 86.8 Å². The van der Waals surface area contributed by atoms with Crippen LogP contribution in [-0.4, -0.2) is 61.4 Å². The van der Waals surface area contributed by atoms with Crippen LogP contribution in [0, 0.1) is 11.8 Å². The number of fused-ring (bicyclic) bond motifs is 1. The van der Waals surface area contributed by atoms with Gasteiger partial charge in [-0.05, 0) is 35.8 Å². The number of benzene rings is 1. The van der Waals surface area contributed by atoms with Gasteiger partial charge in [-0.3, -0.25) is 9.59 Å². The molecule has 1 aromatic carbocycles. The van der Waals surface area contributed by atoms with E-state index in [1.807, 2.05) is 38.1 Å². The molecular weight excluding hydrogens is 402 g/mol. The summed E-state index contributed by atoms with van der Waals surface area (Å²) in [5, 5.41) is 3.04. The zero-order valence-corrected chi connectivity index (χ0v) is 19.0. The van der Waals surface area contributed by atoms with Gasteiger partial charge in [-0.25, -0.2) is 12.7 Å². The minimum absolute atomic E-state index is 0.0149. The average molecular weight is 436 g/mol. The molecular formula is C22H33N3O4S. The number of amides is 2. The van der Waals surface area contributed by atoms with Crippen LogP contribution < -0.4 is 5.32 Å². The maximum Gasteiger partial charge on any atom is 0.243 e. The number of nitrogens with one attached hydrogen (secondary N) is 1. The summed E-state index contributed by atoms with van der Waals surface area (Å²) in [6, 6.07) is 7.49. The molecule has 0 aromatic heterocycles. The second-order valence-corrected chi connectivity index (χ2v) is 10.9. The third-order valence-corrected chi connectivity index (χ3v) is 7.37. The molecule has 0 radical (unpaired) electrons. The molecule has 0 bridgehead atoms. The van der Waals surface area contributed by atoms with Crippen molar-refractivity contribution in [1.82, 2.24) is 14.5 Å². The first kappa shape index (κ1) is 22.7. The van der Waals surface area contributed by atoms with Crippen molar-refractivity contribution in [1.29, 1.82) is 0 Å². The van der Waals surface area contributed by atoms with Crippen molar-refractivity contribution in [2.24, 2.45) is 11.8 Å². The number of rotatable bonds is 6. The first-order chi connectivity index (χ1) is 14.1. The molecule has 0 saturated carbocycles. The van der Waals surface area contributed by atoms with E-state index >= 15 is 0 Å². The number of piperidine rings is 1. The lowest BCUT2D eigenvalue weighted by Crippen LogP contribution is -2.53. The van der Waals surface area contributed by atoms with Gasteiger partial charge < -0.3 is 10.2 Å². The van der Waals surface area contributed by atoms with Gasteiger partial charge in [0.25, 0.3) is 0 Å². The molecule has 166 valence electrons. The van der Waals surface area contributed by atoms with Crippen LogP contribution in [0.2, 0.25) is 0 Å². The maximum absolute atomic E-state index is 13.1. The molecule has 2 aliphatic rings. The fourth-order valence-electron chi connectivity index (χ4n) is 4.29. The molecule has 1 N–H and O–H groups in total. The second-order valence-electron chi connectivity index (χ2n) is 8.96. The molecule has 7 nitrogen and oxygen atoms in total. The van der Waals surface area contributed by atoms with Crippen LogP contribution in [0.15, 0.2) is 24.3 Å². The number of carbonyl (C=O) groups excluding carboxylic acids is 2. The van der Waals surface area contributed by atoms with Gasteiger partial charge in [-0.15, -0.1) is 0 Å².